The van der Waals surface area contributed by atoms with Crippen LogP contribution in [0.25, 0.3) is 10.9 Å². The van der Waals surface area contributed by atoms with Crippen molar-refractivity contribution in [1.82, 2.24) is 9.55 Å². The van der Waals surface area contributed by atoms with Crippen LogP contribution in [0.3, 0.4) is 0 Å². The lowest BCUT2D eigenvalue weighted by molar-refractivity contribution is -0.117. The van der Waals surface area contributed by atoms with Gasteiger partial charge in [0, 0.05) is 17.9 Å². The summed E-state index contributed by atoms with van der Waals surface area (Å²) in [6, 6.07) is 26.5. The molecule has 0 aliphatic heterocycles. The number of benzene rings is 3. The number of carbonyl (C=O) groups is 1. The highest BCUT2D eigenvalue weighted by atomic mass is 32.2. The fourth-order valence-electron chi connectivity index (χ4n) is 3.46. The smallest absolute Gasteiger partial charge is 0.262 e. The number of thioether (sulfide) groups is 1. The second kappa shape index (κ2) is 9.18. The zero-order valence-electron chi connectivity index (χ0n) is 17.4. The van der Waals surface area contributed by atoms with Gasteiger partial charge in [0.2, 0.25) is 5.91 Å². The highest BCUT2D eigenvalue weighted by Crippen LogP contribution is 2.30. The summed E-state index contributed by atoms with van der Waals surface area (Å²) in [6.45, 7) is 4.25. The Labute approximate surface area is 185 Å². The standard InChI is InChI=1S/C25H23N3O2S/c1-3-27-24(30)21-16-10-11-17-22(21)26-25(27)31-18(2)23(29)28(19-12-6-4-7-13-19)20-14-8-5-9-15-20/h4-18H,3H2,1-2H3. The minimum atomic E-state index is -0.453. The molecule has 4 rings (SSSR count). The number of fused-ring (bicyclic) bond motifs is 1. The molecule has 1 heterocycles. The van der Waals surface area contributed by atoms with E-state index in [1.807, 2.05) is 92.7 Å². The molecule has 0 spiro atoms. The lowest BCUT2D eigenvalue weighted by Gasteiger charge is -2.26. The molecule has 1 amide bonds. The number of hydrogen-bond donors (Lipinski definition) is 0. The number of hydrogen-bond acceptors (Lipinski definition) is 4. The molecule has 0 bridgehead atoms. The maximum absolute atomic E-state index is 13.6. The molecule has 4 aromatic rings. The van der Waals surface area contributed by atoms with E-state index in [2.05, 4.69) is 4.98 Å². The number of nitrogens with zero attached hydrogens (tertiary/aromatic N) is 3. The zero-order chi connectivity index (χ0) is 21.8. The van der Waals surface area contributed by atoms with Gasteiger partial charge < -0.3 is 0 Å². The number of aromatic nitrogens is 2. The van der Waals surface area contributed by atoms with Crippen LogP contribution in [0.2, 0.25) is 0 Å². The summed E-state index contributed by atoms with van der Waals surface area (Å²) in [6.07, 6.45) is 0. The summed E-state index contributed by atoms with van der Waals surface area (Å²) in [5.74, 6) is -0.0764. The molecular weight excluding hydrogens is 406 g/mol. The van der Waals surface area contributed by atoms with E-state index in [1.54, 1.807) is 15.5 Å². The first kappa shape index (κ1) is 20.9. The zero-order valence-corrected chi connectivity index (χ0v) is 18.3. The monoisotopic (exact) mass is 429 g/mol. The highest BCUT2D eigenvalue weighted by Gasteiger charge is 2.26. The summed E-state index contributed by atoms with van der Waals surface area (Å²) in [5, 5.41) is 0.683. The molecule has 0 saturated heterocycles. The van der Waals surface area contributed by atoms with Crippen LogP contribution >= 0.6 is 11.8 Å². The van der Waals surface area contributed by atoms with E-state index < -0.39 is 5.25 Å². The summed E-state index contributed by atoms with van der Waals surface area (Å²) in [7, 11) is 0. The molecule has 156 valence electrons. The first-order chi connectivity index (χ1) is 15.1. The lowest BCUT2D eigenvalue weighted by Crippen LogP contribution is -2.33. The summed E-state index contributed by atoms with van der Waals surface area (Å²) < 4.78 is 1.63. The van der Waals surface area contributed by atoms with Crippen molar-refractivity contribution in [3.8, 4) is 0 Å². The Morgan fingerprint density at radius 3 is 2.06 bits per heavy atom. The van der Waals surface area contributed by atoms with Crippen LogP contribution < -0.4 is 10.5 Å². The second-order valence-electron chi connectivity index (χ2n) is 7.07. The molecule has 31 heavy (non-hydrogen) atoms. The van der Waals surface area contributed by atoms with Crippen molar-refractivity contribution in [2.24, 2.45) is 0 Å². The minimum Gasteiger partial charge on any atom is -0.287 e. The molecule has 1 aromatic heterocycles. The van der Waals surface area contributed by atoms with Crippen LogP contribution in [0.4, 0.5) is 11.4 Å². The molecule has 6 heteroatoms. The van der Waals surface area contributed by atoms with Gasteiger partial charge in [-0.25, -0.2) is 4.98 Å². The Morgan fingerprint density at radius 2 is 1.48 bits per heavy atom. The predicted molar refractivity (Wildman–Crippen MR) is 127 cm³/mol. The van der Waals surface area contributed by atoms with E-state index in [0.29, 0.717) is 22.6 Å². The number of rotatable bonds is 6. The van der Waals surface area contributed by atoms with Crippen molar-refractivity contribution in [3.05, 3.63) is 95.3 Å². The SMILES string of the molecule is CCn1c(SC(C)C(=O)N(c2ccccc2)c2ccccc2)nc2ccccc2c1=O. The van der Waals surface area contributed by atoms with Gasteiger partial charge in [0.05, 0.1) is 16.2 Å². The Hall–Kier alpha value is -3.38. The highest BCUT2D eigenvalue weighted by molar-refractivity contribution is 8.00. The van der Waals surface area contributed by atoms with Crippen molar-refractivity contribution in [2.75, 3.05) is 4.90 Å². The van der Waals surface area contributed by atoms with E-state index >= 15 is 0 Å². The normalized spacial score (nSPS) is 11.9. The van der Waals surface area contributed by atoms with Crippen molar-refractivity contribution >= 4 is 39.9 Å². The van der Waals surface area contributed by atoms with Gasteiger partial charge >= 0.3 is 0 Å². The largest absolute Gasteiger partial charge is 0.287 e. The molecule has 0 aliphatic carbocycles. The molecule has 3 aromatic carbocycles. The van der Waals surface area contributed by atoms with Crippen molar-refractivity contribution in [3.63, 3.8) is 0 Å². The van der Waals surface area contributed by atoms with Gasteiger partial charge in [-0.3, -0.25) is 19.1 Å². The third-order valence-electron chi connectivity index (χ3n) is 5.02. The van der Waals surface area contributed by atoms with Crippen LogP contribution in [0.1, 0.15) is 13.8 Å². The number of anilines is 2. The number of para-hydroxylation sites is 3. The van der Waals surface area contributed by atoms with Gasteiger partial charge in [0.25, 0.3) is 5.56 Å². The van der Waals surface area contributed by atoms with Crippen LogP contribution in [-0.4, -0.2) is 20.7 Å². The van der Waals surface area contributed by atoms with Gasteiger partial charge in [0.1, 0.15) is 0 Å². The molecule has 1 atom stereocenters. The van der Waals surface area contributed by atoms with Gasteiger partial charge in [-0.15, -0.1) is 0 Å². The molecular formula is C25H23N3O2S. The van der Waals surface area contributed by atoms with Crippen molar-refractivity contribution in [2.45, 2.75) is 30.8 Å². The van der Waals surface area contributed by atoms with Crippen LogP contribution in [0, 0.1) is 0 Å². The van der Waals surface area contributed by atoms with Gasteiger partial charge in [-0.1, -0.05) is 60.3 Å². The van der Waals surface area contributed by atoms with E-state index in [0.717, 1.165) is 11.4 Å². The van der Waals surface area contributed by atoms with Crippen molar-refractivity contribution in [1.29, 1.82) is 0 Å². The minimum absolute atomic E-state index is 0.0764. The first-order valence-electron chi connectivity index (χ1n) is 10.2. The maximum atomic E-state index is 13.6. The molecule has 0 aliphatic rings. The number of amides is 1. The van der Waals surface area contributed by atoms with E-state index in [4.69, 9.17) is 0 Å². The van der Waals surface area contributed by atoms with Gasteiger partial charge in [-0.2, -0.15) is 0 Å². The van der Waals surface area contributed by atoms with Crippen molar-refractivity contribution < 1.29 is 4.79 Å². The molecule has 0 saturated carbocycles. The predicted octanol–water partition coefficient (Wildman–Crippen LogP) is 5.26. The topological polar surface area (TPSA) is 55.2 Å². The summed E-state index contributed by atoms with van der Waals surface area (Å²) in [5.41, 5.74) is 2.15. The average Bonchev–Trinajstić information content (AvgIpc) is 2.81. The average molecular weight is 430 g/mol. The van der Waals surface area contributed by atoms with E-state index in [9.17, 15) is 9.59 Å². The Bertz CT molecular complexity index is 1220. The maximum Gasteiger partial charge on any atom is 0.262 e. The lowest BCUT2D eigenvalue weighted by atomic mass is 10.2. The summed E-state index contributed by atoms with van der Waals surface area (Å²) >= 11 is 1.31. The molecule has 0 fully saturated rings. The quantitative estimate of drug-likeness (QED) is 0.310. The number of carbonyl (C=O) groups excluding carboxylic acids is 1. The molecule has 0 radical (unpaired) electrons. The fourth-order valence-corrected chi connectivity index (χ4v) is 4.48. The Kier molecular flexibility index (Phi) is 6.18. The third kappa shape index (κ3) is 4.25. The Balaban J connectivity index is 1.71. The Morgan fingerprint density at radius 1 is 0.935 bits per heavy atom. The fraction of sp³-hybridized carbons (Fsp3) is 0.160. The first-order valence-corrected chi connectivity index (χ1v) is 11.1. The van der Waals surface area contributed by atoms with Crippen LogP contribution in [0.15, 0.2) is 94.9 Å². The van der Waals surface area contributed by atoms with Gasteiger partial charge in [-0.05, 0) is 50.2 Å². The summed E-state index contributed by atoms with van der Waals surface area (Å²) in [4.78, 5) is 32.9. The van der Waals surface area contributed by atoms with E-state index in [-0.39, 0.29) is 11.5 Å². The van der Waals surface area contributed by atoms with E-state index in [1.165, 1.54) is 11.8 Å². The van der Waals surface area contributed by atoms with Gasteiger partial charge in [0.15, 0.2) is 5.16 Å². The molecule has 5 nitrogen and oxygen atoms in total. The third-order valence-corrected chi connectivity index (χ3v) is 6.10. The molecule has 1 unspecified atom stereocenters. The molecule has 0 N–H and O–H groups in total. The van der Waals surface area contributed by atoms with Crippen LogP contribution in [0.5, 0.6) is 0 Å². The second-order valence-corrected chi connectivity index (χ2v) is 8.37. The van der Waals surface area contributed by atoms with Crippen LogP contribution in [-0.2, 0) is 11.3 Å².